The van der Waals surface area contributed by atoms with Crippen LogP contribution in [0, 0.1) is 0 Å². The van der Waals surface area contributed by atoms with Crippen LogP contribution in [0.15, 0.2) is 24.3 Å². The molecule has 20 heavy (non-hydrogen) atoms. The summed E-state index contributed by atoms with van der Waals surface area (Å²) in [5.74, 6) is -1.57. The average Bonchev–Trinajstić information content (AvgIpc) is 2.42. The van der Waals surface area contributed by atoms with Crippen LogP contribution >= 0.6 is 12.2 Å². The number of aryl methyl sites for hydroxylation is 1. The molecule has 0 saturated carbocycles. The summed E-state index contributed by atoms with van der Waals surface area (Å²) in [7, 11) is 0. The molecule has 0 saturated heterocycles. The number of amides is 2. The van der Waals surface area contributed by atoms with Crippen LogP contribution in [-0.2, 0) is 16.0 Å². The maximum absolute atomic E-state index is 11.6. The van der Waals surface area contributed by atoms with E-state index in [2.05, 4.69) is 22.9 Å². The number of rotatable bonds is 6. The summed E-state index contributed by atoms with van der Waals surface area (Å²) in [6.45, 7) is 0.0934. The van der Waals surface area contributed by atoms with Crippen molar-refractivity contribution < 1.29 is 14.7 Å². The number of carbonyl (C=O) groups excluding carboxylic acids is 2. The van der Waals surface area contributed by atoms with Crippen molar-refractivity contribution in [1.82, 2.24) is 5.32 Å². The molecule has 1 aromatic rings. The van der Waals surface area contributed by atoms with Gasteiger partial charge < -0.3 is 21.5 Å². The highest BCUT2D eigenvalue weighted by atomic mass is 32.1. The number of thiocarbonyl (C=S) groups is 1. The van der Waals surface area contributed by atoms with Crippen LogP contribution < -0.4 is 16.4 Å². The summed E-state index contributed by atoms with van der Waals surface area (Å²) in [5.41, 5.74) is 6.72. The Kier molecular flexibility index (Phi) is 6.61. The molecule has 1 rings (SSSR count). The van der Waals surface area contributed by atoms with Crippen molar-refractivity contribution in [3.05, 3.63) is 29.8 Å². The minimum atomic E-state index is -0.793. The molecule has 0 radical (unpaired) electrons. The molecule has 0 heterocycles. The van der Waals surface area contributed by atoms with Crippen LogP contribution in [0.25, 0.3) is 0 Å². The largest absolute Gasteiger partial charge is 0.396 e. The van der Waals surface area contributed by atoms with Gasteiger partial charge in [-0.15, -0.1) is 0 Å². The molecule has 0 aliphatic rings. The maximum atomic E-state index is 11.6. The van der Waals surface area contributed by atoms with E-state index < -0.39 is 11.8 Å². The summed E-state index contributed by atoms with van der Waals surface area (Å²) in [4.78, 5) is 23.1. The first-order chi connectivity index (χ1) is 9.52. The van der Waals surface area contributed by atoms with Gasteiger partial charge in [0, 0.05) is 12.3 Å². The van der Waals surface area contributed by atoms with Crippen molar-refractivity contribution in [2.24, 2.45) is 5.73 Å². The minimum absolute atomic E-state index is 0.0157. The molecule has 0 aromatic heterocycles. The van der Waals surface area contributed by atoms with Crippen LogP contribution in [0.4, 0.5) is 5.69 Å². The Morgan fingerprint density at radius 3 is 2.70 bits per heavy atom. The number of anilines is 1. The lowest BCUT2D eigenvalue weighted by molar-refractivity contribution is -0.135. The van der Waals surface area contributed by atoms with Gasteiger partial charge in [0.1, 0.15) is 0 Å². The number of nitrogens with two attached hydrogens (primary N) is 1. The van der Waals surface area contributed by atoms with Crippen molar-refractivity contribution in [2.75, 3.05) is 18.5 Å². The summed E-state index contributed by atoms with van der Waals surface area (Å²) in [6, 6.07) is 7.10. The van der Waals surface area contributed by atoms with Crippen LogP contribution in [0.2, 0.25) is 0 Å². The Bertz CT molecular complexity index is 505. The molecule has 5 N–H and O–H groups in total. The third kappa shape index (κ3) is 5.77. The Balaban J connectivity index is 2.56. The molecule has 108 valence electrons. The van der Waals surface area contributed by atoms with E-state index in [1.165, 1.54) is 0 Å². The first-order valence-electron chi connectivity index (χ1n) is 6.10. The van der Waals surface area contributed by atoms with E-state index in [1.807, 2.05) is 6.07 Å². The summed E-state index contributed by atoms with van der Waals surface area (Å²) in [6.07, 6.45) is 1.35. The molecule has 0 fully saturated rings. The Morgan fingerprint density at radius 1 is 1.30 bits per heavy atom. The van der Waals surface area contributed by atoms with Crippen LogP contribution in [0.5, 0.6) is 0 Å². The summed E-state index contributed by atoms with van der Waals surface area (Å²) in [5, 5.41) is 13.6. The first-order valence-corrected chi connectivity index (χ1v) is 6.51. The predicted molar refractivity (Wildman–Crippen MR) is 80.3 cm³/mol. The van der Waals surface area contributed by atoms with Crippen molar-refractivity contribution in [2.45, 2.75) is 12.8 Å². The fourth-order valence-electron chi connectivity index (χ4n) is 1.52. The SMILES string of the molecule is NC(=S)CNC(=O)C(=O)Nc1cccc(CCCO)c1. The molecule has 6 nitrogen and oxygen atoms in total. The molecule has 2 amide bonds. The number of aliphatic hydroxyl groups excluding tert-OH is 1. The topological polar surface area (TPSA) is 104 Å². The average molecular weight is 295 g/mol. The van der Waals surface area contributed by atoms with Gasteiger partial charge in [0.05, 0.1) is 11.5 Å². The molecule has 0 atom stereocenters. The van der Waals surface area contributed by atoms with Gasteiger partial charge in [-0.05, 0) is 30.5 Å². The van der Waals surface area contributed by atoms with E-state index in [1.54, 1.807) is 18.2 Å². The van der Waals surface area contributed by atoms with Crippen molar-refractivity contribution in [3.63, 3.8) is 0 Å². The summed E-state index contributed by atoms with van der Waals surface area (Å²) < 4.78 is 0. The number of benzene rings is 1. The molecule has 0 aliphatic heterocycles. The molecule has 0 spiro atoms. The highest BCUT2D eigenvalue weighted by Gasteiger charge is 2.13. The maximum Gasteiger partial charge on any atom is 0.313 e. The van der Waals surface area contributed by atoms with E-state index in [0.29, 0.717) is 18.5 Å². The van der Waals surface area contributed by atoms with Crippen LogP contribution in [0.1, 0.15) is 12.0 Å². The molecular formula is C13H17N3O3S. The van der Waals surface area contributed by atoms with Crippen molar-refractivity contribution >= 4 is 34.7 Å². The first kappa shape index (κ1) is 16.1. The minimum Gasteiger partial charge on any atom is -0.396 e. The van der Waals surface area contributed by atoms with E-state index in [9.17, 15) is 9.59 Å². The normalized spacial score (nSPS) is 9.85. The fraction of sp³-hybridized carbons (Fsp3) is 0.308. The summed E-state index contributed by atoms with van der Waals surface area (Å²) >= 11 is 4.60. The van der Waals surface area contributed by atoms with Gasteiger partial charge in [-0.2, -0.15) is 0 Å². The standard InChI is InChI=1S/C13H17N3O3S/c14-11(20)8-15-12(18)13(19)16-10-5-1-3-9(7-10)4-2-6-17/h1,3,5,7,17H,2,4,6,8H2,(H2,14,20)(H,15,18)(H,16,19). The predicted octanol–water partition coefficient (Wildman–Crippen LogP) is -0.0477. The van der Waals surface area contributed by atoms with E-state index in [0.717, 1.165) is 5.56 Å². The molecular weight excluding hydrogens is 278 g/mol. The Hall–Kier alpha value is -1.99. The number of aliphatic hydroxyl groups is 1. The molecule has 7 heteroatoms. The van der Waals surface area contributed by atoms with Gasteiger partial charge in [0.15, 0.2) is 0 Å². The lowest BCUT2D eigenvalue weighted by Crippen LogP contribution is -2.39. The van der Waals surface area contributed by atoms with Gasteiger partial charge in [-0.1, -0.05) is 24.4 Å². The van der Waals surface area contributed by atoms with E-state index in [-0.39, 0.29) is 18.1 Å². The third-order valence-corrected chi connectivity index (χ3v) is 2.58. The van der Waals surface area contributed by atoms with Crippen molar-refractivity contribution in [3.8, 4) is 0 Å². The van der Waals surface area contributed by atoms with E-state index in [4.69, 9.17) is 10.8 Å². The lowest BCUT2D eigenvalue weighted by atomic mass is 10.1. The van der Waals surface area contributed by atoms with Crippen LogP contribution in [-0.4, -0.2) is 35.1 Å². The smallest absolute Gasteiger partial charge is 0.313 e. The van der Waals surface area contributed by atoms with Gasteiger partial charge >= 0.3 is 11.8 Å². The highest BCUT2D eigenvalue weighted by molar-refractivity contribution is 7.80. The zero-order valence-corrected chi connectivity index (χ0v) is 11.7. The Labute approximate surface area is 122 Å². The van der Waals surface area contributed by atoms with Gasteiger partial charge in [-0.25, -0.2) is 0 Å². The molecule has 0 unspecified atom stereocenters. The van der Waals surface area contributed by atoms with Gasteiger partial charge in [-0.3, -0.25) is 9.59 Å². The second-order valence-electron chi connectivity index (χ2n) is 4.13. The molecule has 0 aliphatic carbocycles. The third-order valence-electron chi connectivity index (χ3n) is 2.44. The van der Waals surface area contributed by atoms with E-state index >= 15 is 0 Å². The Morgan fingerprint density at radius 2 is 2.05 bits per heavy atom. The number of carbonyl (C=O) groups is 2. The lowest BCUT2D eigenvalue weighted by Gasteiger charge is -2.07. The quantitative estimate of drug-likeness (QED) is 0.435. The van der Waals surface area contributed by atoms with Crippen LogP contribution in [0.3, 0.4) is 0 Å². The molecule has 0 bridgehead atoms. The zero-order valence-electron chi connectivity index (χ0n) is 10.9. The zero-order chi connectivity index (χ0) is 15.0. The number of hydrogen-bond acceptors (Lipinski definition) is 4. The van der Waals surface area contributed by atoms with Crippen molar-refractivity contribution in [1.29, 1.82) is 0 Å². The fourth-order valence-corrected chi connectivity index (χ4v) is 1.60. The van der Waals surface area contributed by atoms with Gasteiger partial charge in [0.2, 0.25) is 0 Å². The number of nitrogens with one attached hydrogen (secondary N) is 2. The number of hydrogen-bond donors (Lipinski definition) is 4. The second kappa shape index (κ2) is 8.23. The monoisotopic (exact) mass is 295 g/mol. The second-order valence-corrected chi connectivity index (χ2v) is 4.66. The van der Waals surface area contributed by atoms with Gasteiger partial charge in [0.25, 0.3) is 0 Å². The highest BCUT2D eigenvalue weighted by Crippen LogP contribution is 2.12. The molecule has 1 aromatic carbocycles.